The van der Waals surface area contributed by atoms with E-state index in [2.05, 4.69) is 179 Å². The van der Waals surface area contributed by atoms with Crippen molar-refractivity contribution in [2.24, 2.45) is 0 Å². The summed E-state index contributed by atoms with van der Waals surface area (Å²) in [6, 6.07) is 48.3. The van der Waals surface area contributed by atoms with Gasteiger partial charge in [0.15, 0.2) is 0 Å². The number of nitrogens with zero attached hydrogens (tertiary/aromatic N) is 2. The SMILES string of the molecule is Cc1cc2c3c(c1)N(c1ccc(C(C)(C)C)cc1-c1ccccc1)c1sc4ccccc4c1B3N1c3ccccc3C(C)(C)c3cccc-2c31. The van der Waals surface area contributed by atoms with Gasteiger partial charge in [0.2, 0.25) is 0 Å². The molecule has 2 nitrogen and oxygen atoms in total. The second kappa shape index (κ2) is 10.2. The Labute approximate surface area is 299 Å². The van der Waals surface area contributed by atoms with Crippen molar-refractivity contribution in [3.05, 3.63) is 150 Å². The third-order valence-corrected chi connectivity index (χ3v) is 12.6. The van der Waals surface area contributed by atoms with Gasteiger partial charge >= 0.3 is 6.85 Å². The van der Waals surface area contributed by atoms with Crippen molar-refractivity contribution >= 4 is 66.9 Å². The highest BCUT2D eigenvalue weighted by atomic mass is 32.1. The topological polar surface area (TPSA) is 6.48 Å². The molecule has 0 radical (unpaired) electrons. The first kappa shape index (κ1) is 29.8. The average molecular weight is 663 g/mol. The minimum absolute atomic E-state index is 0.0250. The Kier molecular flexibility index (Phi) is 6.11. The highest BCUT2D eigenvalue weighted by Crippen LogP contribution is 2.57. The van der Waals surface area contributed by atoms with Gasteiger partial charge in [-0.1, -0.05) is 132 Å². The summed E-state index contributed by atoms with van der Waals surface area (Å²) in [5.74, 6) is 0. The van der Waals surface area contributed by atoms with Gasteiger partial charge in [0, 0.05) is 38.3 Å². The molecule has 10 rings (SSSR count). The van der Waals surface area contributed by atoms with Crippen molar-refractivity contribution < 1.29 is 0 Å². The molecule has 3 aliphatic rings. The number of hydrogen-bond acceptors (Lipinski definition) is 3. The lowest BCUT2D eigenvalue weighted by atomic mass is 9.42. The second-order valence-corrected chi connectivity index (χ2v) is 16.9. The van der Waals surface area contributed by atoms with Crippen molar-refractivity contribution in [3.63, 3.8) is 0 Å². The largest absolute Gasteiger partial charge is 0.376 e. The summed E-state index contributed by atoms with van der Waals surface area (Å²) in [6.07, 6.45) is 0. The molecular formula is C46H39BN2S. The highest BCUT2D eigenvalue weighted by molar-refractivity contribution is 7.26. The van der Waals surface area contributed by atoms with E-state index in [0.29, 0.717) is 0 Å². The van der Waals surface area contributed by atoms with Crippen molar-refractivity contribution in [3.8, 4) is 22.3 Å². The van der Waals surface area contributed by atoms with Crippen LogP contribution in [0.4, 0.5) is 27.8 Å². The average Bonchev–Trinajstić information content (AvgIpc) is 3.50. The molecule has 6 aromatic carbocycles. The summed E-state index contributed by atoms with van der Waals surface area (Å²) in [7, 11) is 0. The molecule has 4 heterocycles. The summed E-state index contributed by atoms with van der Waals surface area (Å²) >= 11 is 1.93. The molecule has 0 unspecified atom stereocenters. The van der Waals surface area contributed by atoms with Gasteiger partial charge in [-0.3, -0.25) is 0 Å². The predicted octanol–water partition coefficient (Wildman–Crippen LogP) is 11.5. The summed E-state index contributed by atoms with van der Waals surface area (Å²) < 4.78 is 1.32. The third-order valence-electron chi connectivity index (χ3n) is 11.4. The number of fused-ring (bicyclic) bond motifs is 8. The first-order valence-corrected chi connectivity index (χ1v) is 18.6. The number of aryl methyl sites for hydroxylation is 1. The normalized spacial score (nSPS) is 15.0. The molecule has 4 heteroatoms. The van der Waals surface area contributed by atoms with Crippen LogP contribution in [0, 0.1) is 6.92 Å². The smallest absolute Gasteiger partial charge is 0.334 e. The van der Waals surface area contributed by atoms with E-state index in [9.17, 15) is 0 Å². The minimum Gasteiger partial charge on any atom is -0.376 e. The maximum Gasteiger partial charge on any atom is 0.334 e. The molecule has 0 saturated heterocycles. The molecule has 1 aromatic heterocycles. The fourth-order valence-electron chi connectivity index (χ4n) is 9.02. The van der Waals surface area contributed by atoms with Crippen molar-refractivity contribution in [1.82, 2.24) is 0 Å². The lowest BCUT2D eigenvalue weighted by molar-refractivity contribution is 0.590. The summed E-state index contributed by atoms with van der Waals surface area (Å²) in [5.41, 5.74) is 18.5. The van der Waals surface area contributed by atoms with E-state index < -0.39 is 0 Å². The monoisotopic (exact) mass is 662 g/mol. The number of benzene rings is 6. The van der Waals surface area contributed by atoms with Gasteiger partial charge in [-0.05, 0) is 92.4 Å². The van der Waals surface area contributed by atoms with Gasteiger partial charge in [0.05, 0.1) is 10.7 Å². The highest BCUT2D eigenvalue weighted by Gasteiger charge is 2.51. The van der Waals surface area contributed by atoms with Gasteiger partial charge in [0.25, 0.3) is 0 Å². The van der Waals surface area contributed by atoms with Crippen LogP contribution >= 0.6 is 11.3 Å². The van der Waals surface area contributed by atoms with Crippen LogP contribution in [-0.2, 0) is 10.8 Å². The van der Waals surface area contributed by atoms with E-state index in [1.165, 1.54) is 93.3 Å². The standard InChI is InChI=1S/C46H39BN2S/c1-28-25-34-31-18-14-20-36-43(31)49(38-21-12-11-19-35(38)46(36,5)6)47-41(34)39(26-28)48(44-42(47)32-17-10-13-22-40(32)50-44)37-24-23-30(45(2,3)4)27-33(37)29-15-8-7-9-16-29/h7-27H,1-6H3. The Bertz CT molecular complexity index is 2540. The summed E-state index contributed by atoms with van der Waals surface area (Å²) in [6.45, 7) is 14.0. The van der Waals surface area contributed by atoms with Crippen LogP contribution in [-0.4, -0.2) is 6.85 Å². The van der Waals surface area contributed by atoms with Crippen LogP contribution in [0.3, 0.4) is 0 Å². The predicted molar refractivity (Wildman–Crippen MR) is 217 cm³/mol. The zero-order valence-corrected chi connectivity index (χ0v) is 30.3. The van der Waals surface area contributed by atoms with E-state index in [-0.39, 0.29) is 17.7 Å². The van der Waals surface area contributed by atoms with Gasteiger partial charge < -0.3 is 9.71 Å². The fraction of sp³-hybridized carbons (Fsp3) is 0.174. The molecule has 3 aliphatic heterocycles. The number of thiophene rings is 1. The first-order chi connectivity index (χ1) is 24.1. The van der Waals surface area contributed by atoms with Gasteiger partial charge in [-0.15, -0.1) is 11.3 Å². The molecule has 0 amide bonds. The van der Waals surface area contributed by atoms with E-state index in [4.69, 9.17) is 0 Å². The van der Waals surface area contributed by atoms with Crippen LogP contribution in [0.15, 0.2) is 127 Å². The van der Waals surface area contributed by atoms with E-state index in [1.54, 1.807) is 0 Å². The maximum absolute atomic E-state index is 2.71. The maximum atomic E-state index is 2.71. The quantitative estimate of drug-likeness (QED) is 0.170. The van der Waals surface area contributed by atoms with Gasteiger partial charge in [0.1, 0.15) is 0 Å². The van der Waals surface area contributed by atoms with Crippen LogP contribution in [0.2, 0.25) is 0 Å². The van der Waals surface area contributed by atoms with Crippen molar-refractivity contribution in [2.45, 2.75) is 52.4 Å². The molecule has 0 spiro atoms. The van der Waals surface area contributed by atoms with Crippen LogP contribution < -0.4 is 20.6 Å². The fourth-order valence-corrected chi connectivity index (χ4v) is 10.3. The first-order valence-electron chi connectivity index (χ1n) is 17.8. The van der Waals surface area contributed by atoms with Crippen molar-refractivity contribution in [1.29, 1.82) is 0 Å². The number of hydrogen-bond donors (Lipinski definition) is 0. The number of anilines is 5. The van der Waals surface area contributed by atoms with E-state index >= 15 is 0 Å². The van der Waals surface area contributed by atoms with Crippen molar-refractivity contribution in [2.75, 3.05) is 9.71 Å². The molecule has 0 saturated carbocycles. The van der Waals surface area contributed by atoms with Crippen LogP contribution in [0.5, 0.6) is 0 Å². The van der Waals surface area contributed by atoms with Crippen LogP contribution in [0.1, 0.15) is 56.9 Å². The lowest BCUT2D eigenvalue weighted by Crippen LogP contribution is -2.62. The van der Waals surface area contributed by atoms with Gasteiger partial charge in [-0.2, -0.15) is 0 Å². The Balaban J connectivity index is 1.36. The Hall–Kier alpha value is -5.06. The molecule has 0 fully saturated rings. The van der Waals surface area contributed by atoms with E-state index in [1.807, 2.05) is 11.3 Å². The van der Waals surface area contributed by atoms with Gasteiger partial charge in [-0.25, -0.2) is 0 Å². The molecular weight excluding hydrogens is 623 g/mol. The third kappa shape index (κ3) is 3.97. The zero-order valence-electron chi connectivity index (χ0n) is 29.5. The lowest BCUT2D eigenvalue weighted by Gasteiger charge is -2.50. The Morgan fingerprint density at radius 2 is 1.36 bits per heavy atom. The number of rotatable bonds is 2. The van der Waals surface area contributed by atoms with Crippen LogP contribution in [0.25, 0.3) is 32.3 Å². The molecule has 0 aliphatic carbocycles. The molecule has 0 atom stereocenters. The second-order valence-electron chi connectivity index (χ2n) is 15.9. The van der Waals surface area contributed by atoms with E-state index in [0.717, 1.165) is 0 Å². The number of para-hydroxylation sites is 2. The summed E-state index contributed by atoms with van der Waals surface area (Å²) in [5, 5.41) is 2.65. The molecule has 7 aromatic rings. The summed E-state index contributed by atoms with van der Waals surface area (Å²) in [4.78, 5) is 5.33. The molecule has 50 heavy (non-hydrogen) atoms. The Morgan fingerprint density at radius 3 is 2.18 bits per heavy atom. The Morgan fingerprint density at radius 1 is 0.620 bits per heavy atom. The molecule has 0 bridgehead atoms. The molecule has 0 N–H and O–H groups in total. The zero-order chi connectivity index (χ0) is 34.1. The molecule has 242 valence electrons. The minimum atomic E-state index is -0.123.